The molecule has 0 aromatic heterocycles. The third-order valence-corrected chi connectivity index (χ3v) is 1.62. The van der Waals surface area contributed by atoms with Gasteiger partial charge in [-0.25, -0.2) is 0 Å². The van der Waals surface area contributed by atoms with Crippen LogP contribution in [0.25, 0.3) is 6.08 Å². The van der Waals surface area contributed by atoms with Crippen molar-refractivity contribution in [3.05, 3.63) is 41.5 Å². The van der Waals surface area contributed by atoms with Gasteiger partial charge >= 0.3 is 0 Å². The van der Waals surface area contributed by atoms with Gasteiger partial charge in [0.1, 0.15) is 0 Å². The standard InChI is InChI=1S/C12H12/c1-3-5-6-12-9-7-11(4-2)8-10-12/h2,5-10H,3H2,1H3. The van der Waals surface area contributed by atoms with Gasteiger partial charge in [-0.3, -0.25) is 0 Å². The lowest BCUT2D eigenvalue weighted by Gasteiger charge is -1.92. The minimum absolute atomic E-state index is 0.934. The topological polar surface area (TPSA) is 0 Å². The Morgan fingerprint density at radius 3 is 2.50 bits per heavy atom. The fourth-order valence-electron chi connectivity index (χ4n) is 0.944. The smallest absolute Gasteiger partial charge is 0.0243 e. The van der Waals surface area contributed by atoms with E-state index >= 15 is 0 Å². The van der Waals surface area contributed by atoms with Gasteiger partial charge in [0, 0.05) is 5.56 Å². The zero-order chi connectivity index (χ0) is 8.81. The van der Waals surface area contributed by atoms with Crippen molar-refractivity contribution in [3.8, 4) is 12.3 Å². The van der Waals surface area contributed by atoms with Crippen LogP contribution in [0, 0.1) is 12.3 Å². The fourth-order valence-corrected chi connectivity index (χ4v) is 0.944. The van der Waals surface area contributed by atoms with E-state index in [1.807, 2.05) is 24.3 Å². The Labute approximate surface area is 73.9 Å². The van der Waals surface area contributed by atoms with Crippen molar-refractivity contribution in [2.45, 2.75) is 13.3 Å². The molecule has 0 spiro atoms. The van der Waals surface area contributed by atoms with Crippen LogP contribution in [0.3, 0.4) is 0 Å². The molecule has 0 heteroatoms. The SMILES string of the molecule is C#Cc1ccc(C=CCC)cc1. The lowest BCUT2D eigenvalue weighted by molar-refractivity contribution is 1.23. The molecule has 1 aromatic carbocycles. The second-order valence-electron chi connectivity index (χ2n) is 2.58. The number of benzene rings is 1. The maximum absolute atomic E-state index is 5.23. The maximum Gasteiger partial charge on any atom is 0.0243 e. The lowest BCUT2D eigenvalue weighted by atomic mass is 10.1. The molecular weight excluding hydrogens is 144 g/mol. The molecule has 60 valence electrons. The van der Waals surface area contributed by atoms with E-state index in [2.05, 4.69) is 25.0 Å². The van der Waals surface area contributed by atoms with E-state index in [-0.39, 0.29) is 0 Å². The Bertz CT molecular complexity index is 296. The summed E-state index contributed by atoms with van der Waals surface area (Å²) in [6.07, 6.45) is 10.5. The summed E-state index contributed by atoms with van der Waals surface area (Å²) in [5.74, 6) is 2.59. The molecule has 0 atom stereocenters. The van der Waals surface area contributed by atoms with E-state index in [9.17, 15) is 0 Å². The molecule has 0 aliphatic carbocycles. The van der Waals surface area contributed by atoms with Gasteiger partial charge < -0.3 is 0 Å². The Kier molecular flexibility index (Phi) is 3.17. The molecule has 0 nitrogen and oxygen atoms in total. The summed E-state index contributed by atoms with van der Waals surface area (Å²) in [6.45, 7) is 2.12. The zero-order valence-electron chi connectivity index (χ0n) is 7.25. The minimum Gasteiger partial charge on any atom is -0.115 e. The first-order valence-electron chi connectivity index (χ1n) is 4.10. The Hall–Kier alpha value is -1.48. The van der Waals surface area contributed by atoms with Crippen LogP contribution in [0.1, 0.15) is 24.5 Å². The summed E-state index contributed by atoms with van der Waals surface area (Å²) >= 11 is 0. The van der Waals surface area contributed by atoms with Crippen molar-refractivity contribution >= 4 is 6.08 Å². The van der Waals surface area contributed by atoms with Gasteiger partial charge in [0.2, 0.25) is 0 Å². The van der Waals surface area contributed by atoms with Crippen molar-refractivity contribution in [2.24, 2.45) is 0 Å². The normalized spacial score (nSPS) is 10.0. The van der Waals surface area contributed by atoms with Crippen LogP contribution in [0.2, 0.25) is 0 Å². The van der Waals surface area contributed by atoms with Crippen LogP contribution < -0.4 is 0 Å². The highest BCUT2D eigenvalue weighted by molar-refractivity contribution is 5.51. The number of terminal acetylenes is 1. The van der Waals surface area contributed by atoms with E-state index in [1.165, 1.54) is 5.56 Å². The molecular formula is C12H12. The molecule has 0 radical (unpaired) electrons. The predicted molar refractivity (Wildman–Crippen MR) is 53.7 cm³/mol. The third kappa shape index (κ3) is 2.29. The number of rotatable bonds is 2. The molecule has 0 N–H and O–H groups in total. The van der Waals surface area contributed by atoms with Crippen LogP contribution in [0.5, 0.6) is 0 Å². The van der Waals surface area contributed by atoms with Gasteiger partial charge in [-0.1, -0.05) is 37.1 Å². The van der Waals surface area contributed by atoms with Crippen molar-refractivity contribution in [2.75, 3.05) is 0 Å². The predicted octanol–water partition coefficient (Wildman–Crippen LogP) is 3.09. The van der Waals surface area contributed by atoms with Gasteiger partial charge in [0.25, 0.3) is 0 Å². The van der Waals surface area contributed by atoms with Crippen LogP contribution in [0.15, 0.2) is 30.3 Å². The van der Waals surface area contributed by atoms with Crippen molar-refractivity contribution in [1.82, 2.24) is 0 Å². The van der Waals surface area contributed by atoms with Gasteiger partial charge in [0.05, 0.1) is 0 Å². The highest BCUT2D eigenvalue weighted by Crippen LogP contribution is 2.05. The van der Waals surface area contributed by atoms with Crippen LogP contribution in [-0.4, -0.2) is 0 Å². The van der Waals surface area contributed by atoms with E-state index in [0.717, 1.165) is 12.0 Å². The average Bonchev–Trinajstić information content (AvgIpc) is 2.15. The Morgan fingerprint density at radius 1 is 1.33 bits per heavy atom. The van der Waals surface area contributed by atoms with Crippen molar-refractivity contribution < 1.29 is 0 Å². The molecule has 1 aromatic rings. The van der Waals surface area contributed by atoms with E-state index in [4.69, 9.17) is 6.42 Å². The maximum atomic E-state index is 5.23. The minimum atomic E-state index is 0.934. The molecule has 1 rings (SSSR count). The number of hydrogen-bond acceptors (Lipinski definition) is 0. The summed E-state index contributed by atoms with van der Waals surface area (Å²) in [5.41, 5.74) is 2.14. The molecule has 0 amide bonds. The third-order valence-electron chi connectivity index (χ3n) is 1.62. The second-order valence-corrected chi connectivity index (χ2v) is 2.58. The summed E-state index contributed by atoms with van der Waals surface area (Å²) < 4.78 is 0. The number of allylic oxidation sites excluding steroid dienone is 1. The van der Waals surface area contributed by atoms with Gasteiger partial charge in [-0.05, 0) is 24.1 Å². The largest absolute Gasteiger partial charge is 0.115 e. The molecule has 0 aliphatic heterocycles. The highest BCUT2D eigenvalue weighted by Gasteiger charge is 1.86. The lowest BCUT2D eigenvalue weighted by Crippen LogP contribution is -1.74. The van der Waals surface area contributed by atoms with Gasteiger partial charge in [-0.15, -0.1) is 6.42 Å². The first kappa shape index (κ1) is 8.62. The zero-order valence-corrected chi connectivity index (χ0v) is 7.25. The van der Waals surface area contributed by atoms with Crippen LogP contribution in [0.4, 0.5) is 0 Å². The van der Waals surface area contributed by atoms with Gasteiger partial charge in [0.15, 0.2) is 0 Å². The Balaban J connectivity index is 2.80. The molecule has 0 heterocycles. The summed E-state index contributed by atoms with van der Waals surface area (Å²) in [4.78, 5) is 0. The van der Waals surface area contributed by atoms with Gasteiger partial charge in [-0.2, -0.15) is 0 Å². The molecule has 12 heavy (non-hydrogen) atoms. The quantitative estimate of drug-likeness (QED) is 0.577. The second kappa shape index (κ2) is 4.41. The van der Waals surface area contributed by atoms with E-state index < -0.39 is 0 Å². The van der Waals surface area contributed by atoms with Crippen LogP contribution >= 0.6 is 0 Å². The number of hydrogen-bond donors (Lipinski definition) is 0. The molecule has 0 unspecified atom stereocenters. The highest BCUT2D eigenvalue weighted by atomic mass is 13.9. The molecule has 0 saturated carbocycles. The molecule has 0 saturated heterocycles. The first-order valence-corrected chi connectivity index (χ1v) is 4.10. The van der Waals surface area contributed by atoms with E-state index in [1.54, 1.807) is 0 Å². The summed E-state index contributed by atoms with van der Waals surface area (Å²) in [6, 6.07) is 7.97. The Morgan fingerprint density at radius 2 is 2.00 bits per heavy atom. The summed E-state index contributed by atoms with van der Waals surface area (Å²) in [5, 5.41) is 0. The first-order chi connectivity index (χ1) is 5.86. The van der Waals surface area contributed by atoms with Crippen LogP contribution in [-0.2, 0) is 0 Å². The van der Waals surface area contributed by atoms with E-state index in [0.29, 0.717) is 0 Å². The summed E-state index contributed by atoms with van der Waals surface area (Å²) in [7, 11) is 0. The fraction of sp³-hybridized carbons (Fsp3) is 0.167. The molecule has 0 aliphatic rings. The van der Waals surface area contributed by atoms with Crippen molar-refractivity contribution in [3.63, 3.8) is 0 Å². The molecule has 0 bridgehead atoms. The monoisotopic (exact) mass is 156 g/mol. The average molecular weight is 156 g/mol. The molecule has 0 fully saturated rings. The van der Waals surface area contributed by atoms with Crippen molar-refractivity contribution in [1.29, 1.82) is 0 Å².